The lowest BCUT2D eigenvalue weighted by atomic mass is 10.1. The fourth-order valence-corrected chi connectivity index (χ4v) is 3.14. The summed E-state index contributed by atoms with van der Waals surface area (Å²) in [6.45, 7) is 5.70. The Morgan fingerprint density at radius 2 is 2.11 bits per heavy atom. The molecule has 2 rings (SSSR count). The highest BCUT2D eigenvalue weighted by molar-refractivity contribution is 6.32. The Labute approximate surface area is 164 Å². The van der Waals surface area contributed by atoms with E-state index in [4.69, 9.17) is 30.9 Å². The quantitative estimate of drug-likeness (QED) is 0.641. The highest BCUT2D eigenvalue weighted by atomic mass is 35.5. The van der Waals surface area contributed by atoms with Crippen molar-refractivity contribution in [2.75, 3.05) is 33.0 Å². The Morgan fingerprint density at radius 1 is 1.33 bits per heavy atom. The van der Waals surface area contributed by atoms with Crippen LogP contribution < -0.4 is 9.47 Å². The Kier molecular flexibility index (Phi) is 8.19. The molecule has 0 radical (unpaired) electrons. The van der Waals surface area contributed by atoms with E-state index < -0.39 is 12.0 Å². The highest BCUT2D eigenvalue weighted by Gasteiger charge is 2.30. The summed E-state index contributed by atoms with van der Waals surface area (Å²) in [6.07, 6.45) is 1.70. The lowest BCUT2D eigenvalue weighted by Crippen LogP contribution is -2.49. The van der Waals surface area contributed by atoms with Crippen LogP contribution in [-0.2, 0) is 9.53 Å². The average molecular weight is 400 g/mol. The number of aliphatic carboxylic acids is 1. The smallest absolute Gasteiger partial charge is 0.305 e. The summed E-state index contributed by atoms with van der Waals surface area (Å²) in [6, 6.07) is 2.63. The molecule has 150 valence electrons. The van der Waals surface area contributed by atoms with Gasteiger partial charge in [-0.2, -0.15) is 0 Å². The van der Waals surface area contributed by atoms with Gasteiger partial charge >= 0.3 is 5.97 Å². The lowest BCUT2D eigenvalue weighted by molar-refractivity contribution is -0.139. The summed E-state index contributed by atoms with van der Waals surface area (Å²) in [7, 11) is 0. The topological polar surface area (TPSA) is 85.3 Å². The van der Waals surface area contributed by atoms with Gasteiger partial charge in [-0.25, -0.2) is 0 Å². The van der Waals surface area contributed by atoms with E-state index in [1.807, 2.05) is 6.92 Å². The van der Waals surface area contributed by atoms with Gasteiger partial charge in [-0.3, -0.25) is 9.59 Å². The zero-order valence-electron chi connectivity index (χ0n) is 15.7. The van der Waals surface area contributed by atoms with Gasteiger partial charge in [0.2, 0.25) is 0 Å². The first-order valence-electron chi connectivity index (χ1n) is 9.17. The Hall–Kier alpha value is -1.99. The fraction of sp³-hybridized carbons (Fsp3) is 0.579. The van der Waals surface area contributed by atoms with Crippen molar-refractivity contribution in [2.24, 2.45) is 0 Å². The zero-order valence-corrected chi connectivity index (χ0v) is 16.5. The number of hydrogen-bond acceptors (Lipinski definition) is 5. The summed E-state index contributed by atoms with van der Waals surface area (Å²) >= 11 is 6.36. The van der Waals surface area contributed by atoms with Gasteiger partial charge in [0, 0.05) is 12.1 Å². The number of carboxylic acids is 1. The molecular formula is C19H26ClNO6. The molecule has 0 spiro atoms. The molecule has 27 heavy (non-hydrogen) atoms. The van der Waals surface area contributed by atoms with Crippen LogP contribution in [0.2, 0.25) is 5.02 Å². The molecule has 0 bridgehead atoms. The molecule has 1 atom stereocenters. The molecule has 1 heterocycles. The number of carboxylic acid groups (broad SMARTS) is 1. The highest BCUT2D eigenvalue weighted by Crippen LogP contribution is 2.37. The van der Waals surface area contributed by atoms with Crippen LogP contribution in [0, 0.1) is 0 Å². The monoisotopic (exact) mass is 399 g/mol. The maximum Gasteiger partial charge on any atom is 0.305 e. The number of benzene rings is 1. The predicted molar refractivity (Wildman–Crippen MR) is 101 cm³/mol. The van der Waals surface area contributed by atoms with Gasteiger partial charge in [0.25, 0.3) is 5.91 Å². The SMILES string of the molecule is CCCCOc1c(Cl)cc(C(=O)N2CCOCC2CC(=O)O)cc1OCC. The largest absolute Gasteiger partial charge is 0.490 e. The third kappa shape index (κ3) is 5.74. The van der Waals surface area contributed by atoms with Crippen molar-refractivity contribution in [1.29, 1.82) is 0 Å². The van der Waals surface area contributed by atoms with Crippen LogP contribution >= 0.6 is 11.6 Å². The van der Waals surface area contributed by atoms with Crippen molar-refractivity contribution in [2.45, 2.75) is 39.2 Å². The number of ether oxygens (including phenoxy) is 3. The molecule has 1 amide bonds. The molecule has 1 fully saturated rings. The molecular weight excluding hydrogens is 374 g/mol. The minimum absolute atomic E-state index is 0.171. The van der Waals surface area contributed by atoms with E-state index in [1.165, 1.54) is 4.90 Å². The van der Waals surface area contributed by atoms with E-state index in [0.29, 0.717) is 48.5 Å². The lowest BCUT2D eigenvalue weighted by Gasteiger charge is -2.35. The van der Waals surface area contributed by atoms with Gasteiger partial charge in [0.05, 0.1) is 43.9 Å². The van der Waals surface area contributed by atoms with Crippen LogP contribution in [0.25, 0.3) is 0 Å². The number of amides is 1. The summed E-state index contributed by atoms with van der Waals surface area (Å²) in [5, 5.41) is 9.38. The molecule has 1 N–H and O–H groups in total. The van der Waals surface area contributed by atoms with Gasteiger partial charge < -0.3 is 24.2 Å². The van der Waals surface area contributed by atoms with Crippen LogP contribution in [0.4, 0.5) is 0 Å². The molecule has 7 nitrogen and oxygen atoms in total. The fourth-order valence-electron chi connectivity index (χ4n) is 2.87. The molecule has 0 aromatic heterocycles. The van der Waals surface area contributed by atoms with E-state index in [9.17, 15) is 9.59 Å². The second kappa shape index (κ2) is 10.4. The molecule has 0 aliphatic carbocycles. The maximum absolute atomic E-state index is 13.0. The zero-order chi connectivity index (χ0) is 19.8. The average Bonchev–Trinajstić information content (AvgIpc) is 2.63. The first-order valence-corrected chi connectivity index (χ1v) is 9.55. The summed E-state index contributed by atoms with van der Waals surface area (Å²) in [4.78, 5) is 25.6. The van der Waals surface area contributed by atoms with Crippen LogP contribution in [0.15, 0.2) is 12.1 Å². The van der Waals surface area contributed by atoms with E-state index >= 15 is 0 Å². The molecule has 1 aliphatic rings. The second-order valence-corrected chi connectivity index (χ2v) is 6.65. The van der Waals surface area contributed by atoms with Crippen LogP contribution in [0.3, 0.4) is 0 Å². The summed E-state index contributed by atoms with van der Waals surface area (Å²) in [5.41, 5.74) is 0.337. The number of carbonyl (C=O) groups excluding carboxylic acids is 1. The van der Waals surface area contributed by atoms with Crippen LogP contribution in [0.5, 0.6) is 11.5 Å². The molecule has 1 aliphatic heterocycles. The van der Waals surface area contributed by atoms with Gasteiger partial charge in [-0.15, -0.1) is 0 Å². The minimum Gasteiger partial charge on any atom is -0.490 e. The standard InChI is InChI=1S/C19H26ClNO6/c1-3-5-7-27-18-15(20)9-13(10-16(18)26-4-2)19(24)21-6-8-25-12-14(21)11-17(22)23/h9-10,14H,3-8,11-12H2,1-2H3,(H,22,23). The van der Waals surface area contributed by atoms with Crippen molar-refractivity contribution in [3.8, 4) is 11.5 Å². The normalized spacial score (nSPS) is 16.9. The van der Waals surface area contributed by atoms with Crippen molar-refractivity contribution in [3.63, 3.8) is 0 Å². The Bertz CT molecular complexity index is 666. The molecule has 1 aromatic carbocycles. The van der Waals surface area contributed by atoms with Crippen molar-refractivity contribution in [1.82, 2.24) is 4.90 Å². The van der Waals surface area contributed by atoms with Crippen LogP contribution in [-0.4, -0.2) is 60.9 Å². The van der Waals surface area contributed by atoms with Crippen molar-refractivity contribution >= 4 is 23.5 Å². The molecule has 8 heteroatoms. The number of nitrogens with zero attached hydrogens (tertiary/aromatic N) is 1. The van der Waals surface area contributed by atoms with Gasteiger partial charge in [0.1, 0.15) is 0 Å². The second-order valence-electron chi connectivity index (χ2n) is 6.25. The predicted octanol–water partition coefficient (Wildman–Crippen LogP) is 3.23. The van der Waals surface area contributed by atoms with Gasteiger partial charge in [-0.1, -0.05) is 24.9 Å². The number of carbonyl (C=O) groups is 2. The van der Waals surface area contributed by atoms with Gasteiger partial charge in [0.15, 0.2) is 11.5 Å². The van der Waals surface area contributed by atoms with Gasteiger partial charge in [-0.05, 0) is 25.5 Å². The van der Waals surface area contributed by atoms with Crippen LogP contribution in [0.1, 0.15) is 43.5 Å². The number of halogens is 1. The van der Waals surface area contributed by atoms with E-state index in [0.717, 1.165) is 12.8 Å². The third-order valence-electron chi connectivity index (χ3n) is 4.20. The summed E-state index contributed by atoms with van der Waals surface area (Å²) in [5.74, 6) is -0.441. The first kappa shape index (κ1) is 21.3. The van der Waals surface area contributed by atoms with E-state index in [-0.39, 0.29) is 18.9 Å². The molecule has 1 aromatic rings. The maximum atomic E-state index is 13.0. The first-order chi connectivity index (χ1) is 13.0. The minimum atomic E-state index is -0.976. The third-order valence-corrected chi connectivity index (χ3v) is 4.48. The summed E-state index contributed by atoms with van der Waals surface area (Å²) < 4.78 is 16.7. The number of rotatable bonds is 9. The molecule has 1 saturated heterocycles. The number of morpholine rings is 1. The molecule has 1 unspecified atom stereocenters. The number of hydrogen-bond donors (Lipinski definition) is 1. The van der Waals surface area contributed by atoms with Crippen molar-refractivity contribution in [3.05, 3.63) is 22.7 Å². The Balaban J connectivity index is 2.27. The number of unbranched alkanes of at least 4 members (excludes halogenated alkanes) is 1. The van der Waals surface area contributed by atoms with Crippen molar-refractivity contribution < 1.29 is 28.9 Å². The van der Waals surface area contributed by atoms with E-state index in [1.54, 1.807) is 12.1 Å². The molecule has 0 saturated carbocycles. The van der Waals surface area contributed by atoms with E-state index in [2.05, 4.69) is 6.92 Å². The Morgan fingerprint density at radius 3 is 2.78 bits per heavy atom.